The van der Waals surface area contributed by atoms with Gasteiger partial charge >= 0.3 is 0 Å². The number of aromatic nitrogens is 1. The summed E-state index contributed by atoms with van der Waals surface area (Å²) in [7, 11) is 0. The summed E-state index contributed by atoms with van der Waals surface area (Å²) in [5.74, 6) is -0.398. The third-order valence-electron chi connectivity index (χ3n) is 4.50. The minimum absolute atomic E-state index is 0.113. The van der Waals surface area contributed by atoms with E-state index < -0.39 is 0 Å². The second-order valence-electron chi connectivity index (χ2n) is 6.83. The molecule has 1 aromatic heterocycles. The molecule has 3 rings (SSSR count). The van der Waals surface area contributed by atoms with Crippen molar-refractivity contribution in [1.29, 1.82) is 0 Å². The second kappa shape index (κ2) is 10.5. The number of anilines is 2. The number of rotatable bonds is 9. The number of nitrogens with zero attached hydrogens (tertiary/aromatic N) is 1. The monoisotopic (exact) mass is 407 g/mol. The van der Waals surface area contributed by atoms with Crippen molar-refractivity contribution in [3.8, 4) is 0 Å². The molecular weight excluding hydrogens is 382 g/mol. The van der Waals surface area contributed by atoms with E-state index in [0.29, 0.717) is 23.7 Å². The molecule has 0 atom stereocenters. The van der Waals surface area contributed by atoms with Crippen molar-refractivity contribution in [2.24, 2.45) is 0 Å². The van der Waals surface area contributed by atoms with Crippen LogP contribution in [0.2, 0.25) is 0 Å². The van der Waals surface area contributed by atoms with Crippen molar-refractivity contribution in [1.82, 2.24) is 4.98 Å². The van der Waals surface area contributed by atoms with Gasteiger partial charge in [-0.1, -0.05) is 55.8 Å². The smallest absolute Gasteiger partial charge is 0.275 e. The average molecular weight is 408 g/mol. The number of hydrogen-bond donors (Lipinski definition) is 2. The Morgan fingerprint density at radius 3 is 2.38 bits per heavy atom. The predicted molar refractivity (Wildman–Crippen MR) is 119 cm³/mol. The Bertz CT molecular complexity index is 936. The molecule has 29 heavy (non-hydrogen) atoms. The summed E-state index contributed by atoms with van der Waals surface area (Å²) in [6, 6.07) is 17.7. The number of carbonyl (C=O) groups is 2. The van der Waals surface area contributed by atoms with Gasteiger partial charge in [-0.15, -0.1) is 11.3 Å². The first kappa shape index (κ1) is 20.7. The predicted octanol–water partition coefficient (Wildman–Crippen LogP) is 5.31. The van der Waals surface area contributed by atoms with Gasteiger partial charge in [0.15, 0.2) is 5.13 Å². The fraction of sp³-hybridized carbons (Fsp3) is 0.261. The Labute approximate surface area is 175 Å². The topological polar surface area (TPSA) is 71.1 Å². The molecule has 0 aliphatic carbocycles. The van der Waals surface area contributed by atoms with E-state index in [9.17, 15) is 9.59 Å². The standard InChI is InChI=1S/C23H25N3O2S/c1-2-3-7-18-10-13-19(14-11-18)24-22(28)20-16-29-23(25-20)26-21(27)15-12-17-8-5-4-6-9-17/h4-6,8-11,13-14,16H,2-3,7,12,15H2,1H3,(H,24,28)(H,25,26,27). The van der Waals surface area contributed by atoms with Gasteiger partial charge in [-0.3, -0.25) is 9.59 Å². The molecule has 1 heterocycles. The molecule has 5 nitrogen and oxygen atoms in total. The van der Waals surface area contributed by atoms with Crippen molar-refractivity contribution in [3.63, 3.8) is 0 Å². The zero-order valence-corrected chi connectivity index (χ0v) is 17.3. The van der Waals surface area contributed by atoms with Crippen molar-refractivity contribution < 1.29 is 9.59 Å². The van der Waals surface area contributed by atoms with Gasteiger partial charge in [0.05, 0.1) is 0 Å². The van der Waals surface area contributed by atoms with Gasteiger partial charge in [0.2, 0.25) is 5.91 Å². The van der Waals surface area contributed by atoms with Gasteiger partial charge in [0.25, 0.3) is 5.91 Å². The summed E-state index contributed by atoms with van der Waals surface area (Å²) in [6.07, 6.45) is 4.40. The van der Waals surface area contributed by atoms with Crippen molar-refractivity contribution >= 4 is 34.0 Å². The number of thiazole rings is 1. The zero-order valence-electron chi connectivity index (χ0n) is 16.5. The number of hydrogen-bond acceptors (Lipinski definition) is 4. The lowest BCUT2D eigenvalue weighted by molar-refractivity contribution is -0.116. The van der Waals surface area contributed by atoms with Crippen LogP contribution < -0.4 is 10.6 Å². The van der Waals surface area contributed by atoms with Gasteiger partial charge in [-0.2, -0.15) is 0 Å². The summed E-state index contributed by atoms with van der Waals surface area (Å²) in [6.45, 7) is 2.17. The Kier molecular flexibility index (Phi) is 7.53. The maximum absolute atomic E-state index is 12.4. The molecule has 3 aromatic rings. The van der Waals surface area contributed by atoms with E-state index in [1.807, 2.05) is 54.6 Å². The Morgan fingerprint density at radius 1 is 0.931 bits per heavy atom. The number of benzene rings is 2. The van der Waals surface area contributed by atoms with E-state index in [0.717, 1.165) is 30.5 Å². The highest BCUT2D eigenvalue weighted by molar-refractivity contribution is 7.14. The van der Waals surface area contributed by atoms with Crippen molar-refractivity contribution in [2.75, 3.05) is 10.6 Å². The summed E-state index contributed by atoms with van der Waals surface area (Å²) >= 11 is 1.25. The lowest BCUT2D eigenvalue weighted by atomic mass is 10.1. The Hall–Kier alpha value is -2.99. The molecule has 2 N–H and O–H groups in total. The SMILES string of the molecule is CCCCc1ccc(NC(=O)c2csc(NC(=O)CCc3ccccc3)n2)cc1. The summed E-state index contributed by atoms with van der Waals surface area (Å²) in [5, 5.41) is 7.70. The van der Waals surface area contributed by atoms with Crippen LogP contribution in [0.25, 0.3) is 0 Å². The molecular formula is C23H25N3O2S. The molecule has 0 saturated heterocycles. The van der Waals surface area contributed by atoms with Crippen LogP contribution in [-0.2, 0) is 17.6 Å². The number of aryl methyl sites for hydroxylation is 2. The molecule has 0 bridgehead atoms. The molecule has 6 heteroatoms. The maximum atomic E-state index is 12.4. The first-order valence-electron chi connectivity index (χ1n) is 9.83. The highest BCUT2D eigenvalue weighted by Crippen LogP contribution is 2.18. The van der Waals surface area contributed by atoms with E-state index in [1.165, 1.54) is 16.9 Å². The fourth-order valence-corrected chi connectivity index (χ4v) is 3.56. The van der Waals surface area contributed by atoms with Crippen LogP contribution in [0, 0.1) is 0 Å². The Morgan fingerprint density at radius 2 is 1.66 bits per heavy atom. The minimum Gasteiger partial charge on any atom is -0.321 e. The summed E-state index contributed by atoms with van der Waals surface area (Å²) in [5.41, 5.74) is 3.40. The van der Waals surface area contributed by atoms with Gasteiger partial charge in [-0.05, 0) is 42.5 Å². The number of carbonyl (C=O) groups excluding carboxylic acids is 2. The van der Waals surface area contributed by atoms with Crippen LogP contribution in [0.3, 0.4) is 0 Å². The molecule has 2 amide bonds. The van der Waals surface area contributed by atoms with Gasteiger partial charge in [0.1, 0.15) is 5.69 Å². The minimum atomic E-state index is -0.285. The lowest BCUT2D eigenvalue weighted by Gasteiger charge is -2.05. The molecule has 0 aliphatic heterocycles. The molecule has 2 aromatic carbocycles. The van der Waals surface area contributed by atoms with Gasteiger partial charge in [0, 0.05) is 17.5 Å². The number of nitrogens with one attached hydrogen (secondary N) is 2. The maximum Gasteiger partial charge on any atom is 0.275 e. The normalized spacial score (nSPS) is 10.5. The first-order chi connectivity index (χ1) is 14.1. The third kappa shape index (κ3) is 6.54. The van der Waals surface area contributed by atoms with Crippen LogP contribution in [0.15, 0.2) is 60.0 Å². The van der Waals surface area contributed by atoms with Crippen LogP contribution in [-0.4, -0.2) is 16.8 Å². The van der Waals surface area contributed by atoms with Crippen LogP contribution in [0.5, 0.6) is 0 Å². The average Bonchev–Trinajstić information content (AvgIpc) is 3.21. The number of amides is 2. The van der Waals surface area contributed by atoms with E-state index >= 15 is 0 Å². The van der Waals surface area contributed by atoms with Crippen molar-refractivity contribution in [2.45, 2.75) is 39.0 Å². The van der Waals surface area contributed by atoms with Gasteiger partial charge < -0.3 is 10.6 Å². The number of unbranched alkanes of at least 4 members (excludes halogenated alkanes) is 1. The molecule has 0 radical (unpaired) electrons. The molecule has 0 unspecified atom stereocenters. The second-order valence-corrected chi connectivity index (χ2v) is 7.68. The molecule has 0 saturated carbocycles. The fourth-order valence-electron chi connectivity index (χ4n) is 2.85. The largest absolute Gasteiger partial charge is 0.321 e. The van der Waals surface area contributed by atoms with Crippen molar-refractivity contribution in [3.05, 3.63) is 76.8 Å². The van der Waals surface area contributed by atoms with E-state index in [-0.39, 0.29) is 11.8 Å². The highest BCUT2D eigenvalue weighted by atomic mass is 32.1. The van der Waals surface area contributed by atoms with Crippen LogP contribution in [0.4, 0.5) is 10.8 Å². The quantitative estimate of drug-likeness (QED) is 0.505. The summed E-state index contributed by atoms with van der Waals surface area (Å²) in [4.78, 5) is 28.8. The molecule has 150 valence electrons. The molecule has 0 fully saturated rings. The van der Waals surface area contributed by atoms with Gasteiger partial charge in [-0.25, -0.2) is 4.98 Å². The molecule has 0 aliphatic rings. The Balaban J connectivity index is 1.49. The van der Waals surface area contributed by atoms with E-state index in [1.54, 1.807) is 5.38 Å². The van der Waals surface area contributed by atoms with Crippen LogP contribution >= 0.6 is 11.3 Å². The van der Waals surface area contributed by atoms with Crippen LogP contribution in [0.1, 0.15) is 47.8 Å². The summed E-state index contributed by atoms with van der Waals surface area (Å²) < 4.78 is 0. The zero-order chi connectivity index (χ0) is 20.5. The lowest BCUT2D eigenvalue weighted by Crippen LogP contribution is -2.14. The first-order valence-corrected chi connectivity index (χ1v) is 10.7. The highest BCUT2D eigenvalue weighted by Gasteiger charge is 2.13. The van der Waals surface area contributed by atoms with E-state index in [2.05, 4.69) is 22.5 Å². The molecule has 0 spiro atoms. The third-order valence-corrected chi connectivity index (χ3v) is 5.26. The van der Waals surface area contributed by atoms with E-state index in [4.69, 9.17) is 0 Å².